The largest absolute Gasteiger partial charge is 0.417 e. The van der Waals surface area contributed by atoms with Crippen LogP contribution in [-0.4, -0.2) is 6.04 Å². The number of nitrogens with one attached hydrogen (secondary N) is 1. The Bertz CT molecular complexity index is 315. The van der Waals surface area contributed by atoms with Crippen molar-refractivity contribution in [2.45, 2.75) is 45.5 Å². The summed E-state index contributed by atoms with van der Waals surface area (Å²) in [4.78, 5) is 0.735. The molecule has 0 unspecified atom stereocenters. The molecule has 0 bridgehead atoms. The highest BCUT2D eigenvalue weighted by atomic mass is 32.1. The van der Waals surface area contributed by atoms with Crippen LogP contribution in [0.3, 0.4) is 0 Å². The summed E-state index contributed by atoms with van der Waals surface area (Å²) in [5, 5.41) is 4.41. The van der Waals surface area contributed by atoms with E-state index in [2.05, 4.69) is 19.2 Å². The number of thiophene rings is 1. The van der Waals surface area contributed by atoms with E-state index in [1.807, 2.05) is 0 Å². The molecular weight excluding hydrogens is 235 g/mol. The lowest BCUT2D eigenvalue weighted by atomic mass is 10.2. The van der Waals surface area contributed by atoms with Gasteiger partial charge in [-0.15, -0.1) is 11.3 Å². The zero-order valence-corrected chi connectivity index (χ0v) is 10.2. The average molecular weight is 251 g/mol. The average Bonchev–Trinajstić information content (AvgIpc) is 2.67. The van der Waals surface area contributed by atoms with Crippen molar-refractivity contribution in [3.63, 3.8) is 0 Å². The molecule has 0 saturated carbocycles. The van der Waals surface area contributed by atoms with Gasteiger partial charge < -0.3 is 5.32 Å². The van der Waals surface area contributed by atoms with E-state index in [0.29, 0.717) is 12.6 Å². The zero-order valence-electron chi connectivity index (χ0n) is 9.40. The third-order valence-electron chi connectivity index (χ3n) is 2.53. The number of halogens is 3. The molecule has 92 valence electrons. The Kier molecular flexibility index (Phi) is 4.80. The van der Waals surface area contributed by atoms with Gasteiger partial charge in [-0.2, -0.15) is 13.2 Å². The van der Waals surface area contributed by atoms with Crippen LogP contribution >= 0.6 is 11.3 Å². The predicted octanol–water partition coefficient (Wildman–Crippen LogP) is 4.05. The van der Waals surface area contributed by atoms with E-state index in [1.165, 1.54) is 11.4 Å². The Morgan fingerprint density at radius 2 is 1.94 bits per heavy atom. The molecule has 1 aromatic rings. The molecule has 1 heterocycles. The van der Waals surface area contributed by atoms with Crippen LogP contribution in [-0.2, 0) is 12.7 Å². The van der Waals surface area contributed by atoms with Crippen LogP contribution < -0.4 is 5.32 Å². The summed E-state index contributed by atoms with van der Waals surface area (Å²) in [6, 6.07) is 1.61. The number of hydrogen-bond donors (Lipinski definition) is 1. The van der Waals surface area contributed by atoms with Crippen molar-refractivity contribution in [3.8, 4) is 0 Å². The van der Waals surface area contributed by atoms with Gasteiger partial charge in [-0.3, -0.25) is 0 Å². The molecule has 5 heteroatoms. The van der Waals surface area contributed by atoms with Crippen molar-refractivity contribution >= 4 is 11.3 Å². The Labute approximate surface area is 97.7 Å². The first-order valence-corrected chi connectivity index (χ1v) is 6.23. The van der Waals surface area contributed by atoms with Crippen molar-refractivity contribution in [1.82, 2.24) is 5.32 Å². The van der Waals surface area contributed by atoms with Gasteiger partial charge in [-0.25, -0.2) is 0 Å². The van der Waals surface area contributed by atoms with Gasteiger partial charge in [0.2, 0.25) is 0 Å². The summed E-state index contributed by atoms with van der Waals surface area (Å²) in [6.45, 7) is 4.65. The normalized spacial score (nSPS) is 12.4. The molecule has 0 spiro atoms. The second-order valence-corrected chi connectivity index (χ2v) is 4.69. The standard InChI is InChI=1S/C11H16F3NS/c1-3-9(4-2)15-6-10-5-8(7-16-10)11(12,13)14/h5,7,9,15H,3-4,6H2,1-2H3. The summed E-state index contributed by atoms with van der Waals surface area (Å²) in [6.07, 6.45) is -2.23. The molecule has 1 aromatic heterocycles. The van der Waals surface area contributed by atoms with E-state index in [0.717, 1.165) is 29.1 Å². The Balaban J connectivity index is 2.53. The minimum Gasteiger partial charge on any atom is -0.309 e. The summed E-state index contributed by atoms with van der Waals surface area (Å²) in [5.74, 6) is 0. The Hall–Kier alpha value is -0.550. The maximum absolute atomic E-state index is 12.3. The first-order chi connectivity index (χ1) is 7.47. The van der Waals surface area contributed by atoms with Crippen LogP contribution in [0.25, 0.3) is 0 Å². The van der Waals surface area contributed by atoms with Crippen LogP contribution in [0.1, 0.15) is 37.1 Å². The van der Waals surface area contributed by atoms with Gasteiger partial charge in [0.15, 0.2) is 0 Å². The molecule has 1 rings (SSSR count). The minimum absolute atomic E-state index is 0.386. The van der Waals surface area contributed by atoms with Gasteiger partial charge in [0, 0.05) is 22.8 Å². The van der Waals surface area contributed by atoms with Crippen LogP contribution in [0.4, 0.5) is 13.2 Å². The molecule has 0 aromatic carbocycles. The molecule has 0 atom stereocenters. The minimum atomic E-state index is -4.22. The lowest BCUT2D eigenvalue weighted by Crippen LogP contribution is -2.26. The quantitative estimate of drug-likeness (QED) is 0.832. The lowest BCUT2D eigenvalue weighted by molar-refractivity contribution is -0.137. The number of hydrogen-bond acceptors (Lipinski definition) is 2. The fourth-order valence-corrected chi connectivity index (χ4v) is 2.29. The van der Waals surface area contributed by atoms with Gasteiger partial charge in [0.25, 0.3) is 0 Å². The third-order valence-corrected chi connectivity index (χ3v) is 3.47. The Morgan fingerprint density at radius 3 is 2.38 bits per heavy atom. The molecule has 1 N–H and O–H groups in total. The van der Waals surface area contributed by atoms with E-state index < -0.39 is 11.7 Å². The van der Waals surface area contributed by atoms with E-state index in [4.69, 9.17) is 0 Å². The second-order valence-electron chi connectivity index (χ2n) is 3.69. The zero-order chi connectivity index (χ0) is 12.2. The fraction of sp³-hybridized carbons (Fsp3) is 0.636. The van der Waals surface area contributed by atoms with E-state index in [1.54, 1.807) is 0 Å². The Morgan fingerprint density at radius 1 is 1.31 bits per heavy atom. The maximum Gasteiger partial charge on any atom is 0.417 e. The van der Waals surface area contributed by atoms with Crippen LogP contribution in [0.5, 0.6) is 0 Å². The molecule has 0 aliphatic heterocycles. The number of alkyl halides is 3. The van der Waals surface area contributed by atoms with Crippen molar-refractivity contribution in [1.29, 1.82) is 0 Å². The summed E-state index contributed by atoms with van der Waals surface area (Å²) in [7, 11) is 0. The highest BCUT2D eigenvalue weighted by molar-refractivity contribution is 7.10. The molecule has 16 heavy (non-hydrogen) atoms. The molecule has 0 saturated heterocycles. The van der Waals surface area contributed by atoms with Gasteiger partial charge >= 0.3 is 6.18 Å². The highest BCUT2D eigenvalue weighted by Gasteiger charge is 2.31. The monoisotopic (exact) mass is 251 g/mol. The highest BCUT2D eigenvalue weighted by Crippen LogP contribution is 2.32. The van der Waals surface area contributed by atoms with Crippen molar-refractivity contribution in [2.75, 3.05) is 0 Å². The van der Waals surface area contributed by atoms with Crippen LogP contribution in [0.15, 0.2) is 11.4 Å². The van der Waals surface area contributed by atoms with Gasteiger partial charge in [0.05, 0.1) is 5.56 Å². The fourth-order valence-electron chi connectivity index (χ4n) is 1.44. The smallest absolute Gasteiger partial charge is 0.309 e. The molecule has 0 radical (unpaired) electrons. The summed E-state index contributed by atoms with van der Waals surface area (Å²) in [5.41, 5.74) is -0.543. The van der Waals surface area contributed by atoms with E-state index >= 15 is 0 Å². The molecule has 0 aliphatic rings. The first-order valence-electron chi connectivity index (χ1n) is 5.35. The number of rotatable bonds is 5. The lowest BCUT2D eigenvalue weighted by Gasteiger charge is -2.13. The third kappa shape index (κ3) is 3.79. The first kappa shape index (κ1) is 13.5. The molecule has 0 fully saturated rings. The summed E-state index contributed by atoms with van der Waals surface area (Å²) >= 11 is 1.16. The van der Waals surface area contributed by atoms with Gasteiger partial charge in [0.1, 0.15) is 0 Å². The van der Waals surface area contributed by atoms with Gasteiger partial charge in [-0.1, -0.05) is 13.8 Å². The van der Waals surface area contributed by atoms with Crippen LogP contribution in [0.2, 0.25) is 0 Å². The van der Waals surface area contributed by atoms with Crippen molar-refractivity contribution in [3.05, 3.63) is 21.9 Å². The molecule has 0 amide bonds. The van der Waals surface area contributed by atoms with Crippen molar-refractivity contribution in [2.24, 2.45) is 0 Å². The van der Waals surface area contributed by atoms with E-state index in [-0.39, 0.29) is 0 Å². The molecule has 0 aliphatic carbocycles. The molecular formula is C11H16F3NS. The van der Waals surface area contributed by atoms with Crippen LogP contribution in [0, 0.1) is 0 Å². The second kappa shape index (κ2) is 5.68. The maximum atomic E-state index is 12.3. The predicted molar refractivity (Wildman–Crippen MR) is 60.5 cm³/mol. The van der Waals surface area contributed by atoms with E-state index in [9.17, 15) is 13.2 Å². The van der Waals surface area contributed by atoms with Gasteiger partial charge in [-0.05, 0) is 18.9 Å². The van der Waals surface area contributed by atoms with Crippen molar-refractivity contribution < 1.29 is 13.2 Å². The molecule has 1 nitrogen and oxygen atoms in total. The topological polar surface area (TPSA) is 12.0 Å². The summed E-state index contributed by atoms with van der Waals surface area (Å²) < 4.78 is 37.0. The SMILES string of the molecule is CCC(CC)NCc1cc(C(F)(F)F)cs1.